The van der Waals surface area contributed by atoms with Gasteiger partial charge in [0, 0.05) is 9.58 Å². The number of aryl methyl sites for hydroxylation is 1. The zero-order valence-electron chi connectivity index (χ0n) is 10.0. The zero-order valence-corrected chi connectivity index (χ0v) is 10.8. The molecule has 0 aliphatic carbocycles. The summed E-state index contributed by atoms with van der Waals surface area (Å²) in [6.07, 6.45) is 4.31. The molecule has 0 saturated carbocycles. The minimum absolute atomic E-state index is 1.33. The SMILES string of the molecule is CC=Cc1sc2c(ccc3ccccc32)c1C. The van der Waals surface area contributed by atoms with Gasteiger partial charge in [0.25, 0.3) is 0 Å². The van der Waals surface area contributed by atoms with Crippen molar-refractivity contribution in [1.82, 2.24) is 0 Å². The lowest BCUT2D eigenvalue weighted by molar-refractivity contribution is 1.57. The number of allylic oxidation sites excluding steroid dienone is 1. The van der Waals surface area contributed by atoms with Gasteiger partial charge in [-0.15, -0.1) is 11.3 Å². The van der Waals surface area contributed by atoms with Gasteiger partial charge in [-0.2, -0.15) is 0 Å². The smallest absolute Gasteiger partial charge is 0.0430 e. The molecule has 0 saturated heterocycles. The van der Waals surface area contributed by atoms with Crippen molar-refractivity contribution in [2.45, 2.75) is 13.8 Å². The standard InChI is InChI=1S/C16H14S/c1-3-6-15-11(2)13-10-9-12-7-4-5-8-14(12)16(13)17-15/h3-10H,1-2H3. The van der Waals surface area contributed by atoms with Crippen molar-refractivity contribution < 1.29 is 0 Å². The fraction of sp³-hybridized carbons (Fsp3) is 0.125. The Labute approximate surface area is 105 Å². The molecule has 0 fully saturated rings. The molecule has 0 atom stereocenters. The van der Waals surface area contributed by atoms with Gasteiger partial charge < -0.3 is 0 Å². The molecule has 0 amide bonds. The molecule has 84 valence electrons. The van der Waals surface area contributed by atoms with Crippen LogP contribution in [0.2, 0.25) is 0 Å². The third-order valence-electron chi connectivity index (χ3n) is 3.18. The largest absolute Gasteiger partial charge is 0.135 e. The zero-order chi connectivity index (χ0) is 11.8. The summed E-state index contributed by atoms with van der Waals surface area (Å²) in [6, 6.07) is 13.1. The van der Waals surface area contributed by atoms with Crippen LogP contribution in [-0.2, 0) is 0 Å². The Morgan fingerprint density at radius 3 is 2.65 bits per heavy atom. The van der Waals surface area contributed by atoms with Crippen molar-refractivity contribution in [2.75, 3.05) is 0 Å². The molecule has 0 nitrogen and oxygen atoms in total. The van der Waals surface area contributed by atoms with E-state index in [0.29, 0.717) is 0 Å². The number of hydrogen-bond donors (Lipinski definition) is 0. The third-order valence-corrected chi connectivity index (χ3v) is 4.49. The molecule has 0 aliphatic heterocycles. The lowest BCUT2D eigenvalue weighted by atomic mass is 10.1. The van der Waals surface area contributed by atoms with Crippen LogP contribution < -0.4 is 0 Å². The number of benzene rings is 2. The van der Waals surface area contributed by atoms with E-state index < -0.39 is 0 Å². The van der Waals surface area contributed by atoms with E-state index in [1.165, 1.54) is 31.3 Å². The van der Waals surface area contributed by atoms with Gasteiger partial charge >= 0.3 is 0 Å². The van der Waals surface area contributed by atoms with Crippen LogP contribution in [0.15, 0.2) is 42.5 Å². The van der Waals surface area contributed by atoms with E-state index in [2.05, 4.69) is 62.4 Å². The minimum Gasteiger partial charge on any atom is -0.135 e. The first kappa shape index (κ1) is 10.5. The number of rotatable bonds is 1. The summed E-state index contributed by atoms with van der Waals surface area (Å²) in [7, 11) is 0. The Hall–Kier alpha value is -1.60. The number of thiophene rings is 1. The van der Waals surface area contributed by atoms with E-state index in [4.69, 9.17) is 0 Å². The predicted molar refractivity (Wildman–Crippen MR) is 78.8 cm³/mol. The summed E-state index contributed by atoms with van der Waals surface area (Å²) in [6.45, 7) is 4.28. The van der Waals surface area contributed by atoms with Crippen LogP contribution in [0.1, 0.15) is 17.4 Å². The van der Waals surface area contributed by atoms with Crippen molar-refractivity contribution in [1.29, 1.82) is 0 Å². The first-order valence-corrected chi connectivity index (χ1v) is 6.66. The fourth-order valence-electron chi connectivity index (χ4n) is 2.28. The molecule has 1 heteroatoms. The molecule has 0 spiro atoms. The van der Waals surface area contributed by atoms with Gasteiger partial charge in [-0.1, -0.05) is 42.5 Å². The highest BCUT2D eigenvalue weighted by molar-refractivity contribution is 7.21. The quantitative estimate of drug-likeness (QED) is 0.532. The van der Waals surface area contributed by atoms with Gasteiger partial charge in [-0.3, -0.25) is 0 Å². The normalized spacial score (nSPS) is 11.9. The van der Waals surface area contributed by atoms with Crippen molar-refractivity contribution in [3.05, 3.63) is 52.9 Å². The second kappa shape index (κ2) is 4.01. The highest BCUT2D eigenvalue weighted by atomic mass is 32.1. The van der Waals surface area contributed by atoms with Crippen molar-refractivity contribution in [3.63, 3.8) is 0 Å². The molecular weight excluding hydrogens is 224 g/mol. The maximum atomic E-state index is 2.25. The molecule has 0 N–H and O–H groups in total. The maximum absolute atomic E-state index is 2.25. The monoisotopic (exact) mass is 238 g/mol. The minimum atomic E-state index is 1.33. The molecule has 17 heavy (non-hydrogen) atoms. The van der Waals surface area contributed by atoms with E-state index in [1.54, 1.807) is 0 Å². The Morgan fingerprint density at radius 2 is 1.82 bits per heavy atom. The third kappa shape index (κ3) is 1.58. The second-order valence-electron chi connectivity index (χ2n) is 4.25. The molecule has 0 radical (unpaired) electrons. The molecule has 0 bridgehead atoms. The molecule has 2 aromatic carbocycles. The Bertz CT molecular complexity index is 717. The van der Waals surface area contributed by atoms with Crippen LogP contribution in [0.25, 0.3) is 26.9 Å². The van der Waals surface area contributed by atoms with Crippen LogP contribution >= 0.6 is 11.3 Å². The fourth-order valence-corrected chi connectivity index (χ4v) is 3.59. The maximum Gasteiger partial charge on any atom is 0.0430 e. The molecule has 0 aliphatic rings. The van der Waals surface area contributed by atoms with E-state index in [1.807, 2.05) is 11.3 Å². The lowest BCUT2D eigenvalue weighted by Crippen LogP contribution is -1.73. The molecule has 3 rings (SSSR count). The van der Waals surface area contributed by atoms with Gasteiger partial charge in [-0.05, 0) is 41.6 Å². The predicted octanol–water partition coefficient (Wildman–Crippen LogP) is 5.40. The van der Waals surface area contributed by atoms with E-state index >= 15 is 0 Å². The van der Waals surface area contributed by atoms with E-state index in [-0.39, 0.29) is 0 Å². The van der Waals surface area contributed by atoms with Crippen molar-refractivity contribution in [2.24, 2.45) is 0 Å². The number of fused-ring (bicyclic) bond motifs is 3. The van der Waals surface area contributed by atoms with Crippen LogP contribution in [0.4, 0.5) is 0 Å². The average molecular weight is 238 g/mol. The van der Waals surface area contributed by atoms with E-state index in [0.717, 1.165) is 0 Å². The van der Waals surface area contributed by atoms with Gasteiger partial charge in [0.05, 0.1) is 0 Å². The molecule has 1 aromatic heterocycles. The Kier molecular flexibility index (Phi) is 2.49. The summed E-state index contributed by atoms with van der Waals surface area (Å²) in [5.41, 5.74) is 1.40. The van der Waals surface area contributed by atoms with Crippen molar-refractivity contribution in [3.8, 4) is 0 Å². The van der Waals surface area contributed by atoms with Gasteiger partial charge in [0.2, 0.25) is 0 Å². The van der Waals surface area contributed by atoms with Gasteiger partial charge in [0.1, 0.15) is 0 Å². The molecule has 1 heterocycles. The van der Waals surface area contributed by atoms with Gasteiger partial charge in [-0.25, -0.2) is 0 Å². The van der Waals surface area contributed by atoms with Crippen LogP contribution in [0.3, 0.4) is 0 Å². The van der Waals surface area contributed by atoms with Gasteiger partial charge in [0.15, 0.2) is 0 Å². The van der Waals surface area contributed by atoms with Crippen LogP contribution in [0.5, 0.6) is 0 Å². The van der Waals surface area contributed by atoms with E-state index in [9.17, 15) is 0 Å². The Morgan fingerprint density at radius 1 is 1.00 bits per heavy atom. The summed E-state index contributed by atoms with van der Waals surface area (Å²) in [4.78, 5) is 1.37. The second-order valence-corrected chi connectivity index (χ2v) is 5.31. The first-order chi connectivity index (χ1) is 8.31. The highest BCUT2D eigenvalue weighted by Gasteiger charge is 2.08. The number of hydrogen-bond acceptors (Lipinski definition) is 1. The molecular formula is C16H14S. The molecule has 0 unspecified atom stereocenters. The first-order valence-electron chi connectivity index (χ1n) is 5.85. The van der Waals surface area contributed by atoms with Crippen LogP contribution in [-0.4, -0.2) is 0 Å². The Balaban J connectivity index is 2.47. The van der Waals surface area contributed by atoms with Crippen LogP contribution in [0, 0.1) is 6.92 Å². The van der Waals surface area contributed by atoms with Crippen molar-refractivity contribution >= 4 is 38.3 Å². The highest BCUT2D eigenvalue weighted by Crippen LogP contribution is 2.36. The summed E-state index contributed by atoms with van der Waals surface area (Å²) >= 11 is 1.89. The average Bonchev–Trinajstić information content (AvgIpc) is 2.68. The summed E-state index contributed by atoms with van der Waals surface area (Å²) in [5.74, 6) is 0. The molecule has 3 aromatic rings. The summed E-state index contributed by atoms with van der Waals surface area (Å²) in [5, 5.41) is 4.09. The lowest BCUT2D eigenvalue weighted by Gasteiger charge is -1.98. The summed E-state index contributed by atoms with van der Waals surface area (Å²) < 4.78 is 1.41. The topological polar surface area (TPSA) is 0 Å².